The van der Waals surface area contributed by atoms with Crippen molar-refractivity contribution in [3.63, 3.8) is 0 Å². The van der Waals surface area contributed by atoms with Crippen molar-refractivity contribution in [3.8, 4) is 0 Å². The first kappa shape index (κ1) is 20.2. The summed E-state index contributed by atoms with van der Waals surface area (Å²) in [5, 5.41) is 11.4. The number of aliphatic carboxylic acids is 1. The third-order valence-electron chi connectivity index (χ3n) is 4.16. The molecule has 2 N–H and O–H groups in total. The lowest BCUT2D eigenvalue weighted by atomic mass is 10.1. The molecule has 0 aromatic heterocycles. The highest BCUT2D eigenvalue weighted by Crippen LogP contribution is 2.15. The molecule has 0 aliphatic carbocycles. The Hall–Kier alpha value is -3.15. The number of amides is 2. The predicted molar refractivity (Wildman–Crippen MR) is 105 cm³/mol. The van der Waals surface area contributed by atoms with Crippen LogP contribution in [0.5, 0.6) is 0 Å². The summed E-state index contributed by atoms with van der Waals surface area (Å²) in [6, 6.07) is 16.6. The largest absolute Gasteiger partial charge is 0.481 e. The minimum absolute atomic E-state index is 0.0172. The van der Waals surface area contributed by atoms with E-state index in [4.69, 9.17) is 5.11 Å². The second kappa shape index (κ2) is 10.1. The minimum atomic E-state index is -0.849. The Morgan fingerprint density at radius 2 is 1.56 bits per heavy atom. The first-order chi connectivity index (χ1) is 13.0. The van der Waals surface area contributed by atoms with Crippen LogP contribution < -0.4 is 10.2 Å². The van der Waals surface area contributed by atoms with E-state index in [-0.39, 0.29) is 31.1 Å². The van der Waals surface area contributed by atoms with Crippen LogP contribution in [0.15, 0.2) is 54.6 Å². The molecular weight excluding hydrogens is 344 g/mol. The van der Waals surface area contributed by atoms with Gasteiger partial charge >= 0.3 is 5.97 Å². The third kappa shape index (κ3) is 6.93. The molecule has 0 saturated heterocycles. The normalized spacial score (nSPS) is 10.3. The highest BCUT2D eigenvalue weighted by atomic mass is 16.4. The second-order valence-electron chi connectivity index (χ2n) is 6.31. The standard InChI is InChI=1S/C21H24N2O4/c1-23(18-7-3-2-4-8-18)20(25)15-16-11-13-17(14-12-16)22-19(24)9-5-6-10-21(26)27/h2-4,7-8,11-14H,5-6,9-10,15H2,1H3,(H,22,24)(H,26,27). The van der Waals surface area contributed by atoms with E-state index in [1.54, 1.807) is 24.1 Å². The lowest BCUT2D eigenvalue weighted by Crippen LogP contribution is -2.27. The van der Waals surface area contributed by atoms with Crippen LogP contribution in [-0.2, 0) is 20.8 Å². The quantitative estimate of drug-likeness (QED) is 0.664. The number of benzene rings is 2. The summed E-state index contributed by atoms with van der Waals surface area (Å²) in [5.41, 5.74) is 2.36. The Labute approximate surface area is 158 Å². The summed E-state index contributed by atoms with van der Waals surface area (Å²) in [7, 11) is 1.75. The molecule has 2 aromatic carbocycles. The van der Waals surface area contributed by atoms with Gasteiger partial charge in [-0.15, -0.1) is 0 Å². The summed E-state index contributed by atoms with van der Waals surface area (Å²) in [5.74, 6) is -1.01. The molecule has 6 nitrogen and oxygen atoms in total. The molecule has 0 unspecified atom stereocenters. The van der Waals surface area contributed by atoms with Crippen LogP contribution in [0, 0.1) is 0 Å². The summed E-state index contributed by atoms with van der Waals surface area (Å²) < 4.78 is 0. The topological polar surface area (TPSA) is 86.7 Å². The van der Waals surface area contributed by atoms with Crippen LogP contribution in [-0.4, -0.2) is 29.9 Å². The summed E-state index contributed by atoms with van der Waals surface area (Å²) >= 11 is 0. The molecule has 0 radical (unpaired) electrons. The van der Waals surface area contributed by atoms with Gasteiger partial charge in [-0.05, 0) is 42.7 Å². The Bertz CT molecular complexity index is 773. The van der Waals surface area contributed by atoms with Gasteiger partial charge in [0.2, 0.25) is 11.8 Å². The van der Waals surface area contributed by atoms with E-state index < -0.39 is 5.97 Å². The molecule has 2 amide bonds. The molecule has 6 heteroatoms. The van der Waals surface area contributed by atoms with E-state index in [1.165, 1.54) is 0 Å². The van der Waals surface area contributed by atoms with Gasteiger partial charge in [0.05, 0.1) is 6.42 Å². The molecule has 0 heterocycles. The number of carbonyl (C=O) groups is 3. The zero-order valence-corrected chi connectivity index (χ0v) is 15.4. The molecule has 27 heavy (non-hydrogen) atoms. The Morgan fingerprint density at radius 1 is 0.926 bits per heavy atom. The van der Waals surface area contributed by atoms with Crippen molar-refractivity contribution < 1.29 is 19.5 Å². The zero-order valence-electron chi connectivity index (χ0n) is 15.4. The summed E-state index contributed by atoms with van der Waals surface area (Å²) in [6.07, 6.45) is 1.66. The number of unbranched alkanes of at least 4 members (excludes halogenated alkanes) is 1. The molecule has 0 atom stereocenters. The monoisotopic (exact) mass is 368 g/mol. The van der Waals surface area contributed by atoms with Crippen LogP contribution in [0.4, 0.5) is 11.4 Å². The number of likely N-dealkylation sites (N-methyl/N-ethyl adjacent to an activating group) is 1. The molecule has 0 aliphatic heterocycles. The highest BCUT2D eigenvalue weighted by Gasteiger charge is 2.11. The number of nitrogens with one attached hydrogen (secondary N) is 1. The van der Waals surface area contributed by atoms with Gasteiger partial charge in [0.15, 0.2) is 0 Å². The average molecular weight is 368 g/mol. The average Bonchev–Trinajstić information content (AvgIpc) is 2.66. The maximum absolute atomic E-state index is 12.4. The number of carboxylic acid groups (broad SMARTS) is 1. The van der Waals surface area contributed by atoms with E-state index in [2.05, 4.69) is 5.32 Å². The molecule has 0 saturated carbocycles. The van der Waals surface area contributed by atoms with Gasteiger partial charge in [-0.25, -0.2) is 0 Å². The first-order valence-electron chi connectivity index (χ1n) is 8.88. The van der Waals surface area contributed by atoms with Gasteiger partial charge in [0.25, 0.3) is 0 Å². The lowest BCUT2D eigenvalue weighted by Gasteiger charge is -2.17. The van der Waals surface area contributed by atoms with E-state index >= 15 is 0 Å². The van der Waals surface area contributed by atoms with Crippen molar-refractivity contribution in [1.29, 1.82) is 0 Å². The predicted octanol–water partition coefficient (Wildman–Crippen LogP) is 3.48. The smallest absolute Gasteiger partial charge is 0.303 e. The minimum Gasteiger partial charge on any atom is -0.481 e. The van der Waals surface area contributed by atoms with E-state index in [9.17, 15) is 14.4 Å². The number of nitrogens with zero attached hydrogens (tertiary/aromatic N) is 1. The Morgan fingerprint density at radius 3 is 2.19 bits per heavy atom. The highest BCUT2D eigenvalue weighted by molar-refractivity contribution is 5.94. The molecule has 0 spiro atoms. The van der Waals surface area contributed by atoms with Crippen LogP contribution >= 0.6 is 0 Å². The number of carboxylic acids is 1. The van der Waals surface area contributed by atoms with Crippen LogP contribution in [0.25, 0.3) is 0 Å². The summed E-state index contributed by atoms with van der Waals surface area (Å²) in [4.78, 5) is 36.3. The Balaban J connectivity index is 1.81. The van der Waals surface area contributed by atoms with Crippen molar-refractivity contribution in [1.82, 2.24) is 0 Å². The molecule has 2 rings (SSSR count). The molecule has 0 fully saturated rings. The first-order valence-corrected chi connectivity index (χ1v) is 8.88. The number of hydrogen-bond donors (Lipinski definition) is 2. The van der Waals surface area contributed by atoms with Crippen LogP contribution in [0.2, 0.25) is 0 Å². The van der Waals surface area contributed by atoms with Gasteiger partial charge in [-0.3, -0.25) is 14.4 Å². The van der Waals surface area contributed by atoms with Crippen molar-refractivity contribution in [3.05, 3.63) is 60.2 Å². The maximum Gasteiger partial charge on any atom is 0.303 e. The van der Waals surface area contributed by atoms with Crippen molar-refractivity contribution in [2.24, 2.45) is 0 Å². The SMILES string of the molecule is CN(C(=O)Cc1ccc(NC(=O)CCCCC(=O)O)cc1)c1ccccc1. The molecule has 142 valence electrons. The molecular formula is C21H24N2O4. The van der Waals surface area contributed by atoms with Gasteiger partial charge in [0.1, 0.15) is 0 Å². The molecule has 0 bridgehead atoms. The molecule has 0 aliphatic rings. The maximum atomic E-state index is 12.4. The fourth-order valence-corrected chi connectivity index (χ4v) is 2.58. The van der Waals surface area contributed by atoms with E-state index in [1.807, 2.05) is 42.5 Å². The number of anilines is 2. The van der Waals surface area contributed by atoms with Crippen molar-refractivity contribution >= 4 is 29.2 Å². The zero-order chi connectivity index (χ0) is 19.6. The molecule has 2 aromatic rings. The fourth-order valence-electron chi connectivity index (χ4n) is 2.58. The van der Waals surface area contributed by atoms with Crippen molar-refractivity contribution in [2.45, 2.75) is 32.1 Å². The van der Waals surface area contributed by atoms with E-state index in [0.717, 1.165) is 11.3 Å². The van der Waals surface area contributed by atoms with Crippen LogP contribution in [0.3, 0.4) is 0 Å². The lowest BCUT2D eigenvalue weighted by molar-refractivity contribution is -0.137. The number of carbonyl (C=O) groups excluding carboxylic acids is 2. The number of para-hydroxylation sites is 1. The third-order valence-corrected chi connectivity index (χ3v) is 4.16. The van der Waals surface area contributed by atoms with E-state index in [0.29, 0.717) is 18.5 Å². The fraction of sp³-hybridized carbons (Fsp3) is 0.286. The van der Waals surface area contributed by atoms with Crippen LogP contribution in [0.1, 0.15) is 31.2 Å². The van der Waals surface area contributed by atoms with Gasteiger partial charge in [-0.2, -0.15) is 0 Å². The number of rotatable bonds is 9. The van der Waals surface area contributed by atoms with Gasteiger partial charge in [0, 0.05) is 31.3 Å². The van der Waals surface area contributed by atoms with Gasteiger partial charge < -0.3 is 15.3 Å². The summed E-state index contributed by atoms with van der Waals surface area (Å²) in [6.45, 7) is 0. The Kier molecular flexibility index (Phi) is 7.55. The second-order valence-corrected chi connectivity index (χ2v) is 6.31. The number of hydrogen-bond acceptors (Lipinski definition) is 3. The van der Waals surface area contributed by atoms with Crippen molar-refractivity contribution in [2.75, 3.05) is 17.3 Å². The van der Waals surface area contributed by atoms with Gasteiger partial charge in [-0.1, -0.05) is 30.3 Å².